The lowest BCUT2D eigenvalue weighted by atomic mass is 9.70. The molecule has 10 nitrogen and oxygen atoms in total. The van der Waals surface area contributed by atoms with Crippen LogP contribution in [0.4, 0.5) is 5.69 Å². The summed E-state index contributed by atoms with van der Waals surface area (Å²) < 4.78 is 10.7. The van der Waals surface area contributed by atoms with Crippen LogP contribution >= 0.6 is 0 Å². The Bertz CT molecular complexity index is 769. The van der Waals surface area contributed by atoms with Gasteiger partial charge in [0.25, 0.3) is 5.69 Å². The highest BCUT2D eigenvalue weighted by Crippen LogP contribution is 2.42. The first-order valence-corrected chi connectivity index (χ1v) is 8.40. The van der Waals surface area contributed by atoms with Gasteiger partial charge in [-0.05, 0) is 18.1 Å². The molecule has 2 heterocycles. The highest BCUT2D eigenvalue weighted by Gasteiger charge is 2.50. The van der Waals surface area contributed by atoms with Crippen molar-refractivity contribution in [3.63, 3.8) is 0 Å². The van der Waals surface area contributed by atoms with Crippen molar-refractivity contribution >= 4 is 23.5 Å². The Morgan fingerprint density at radius 3 is 2.81 bits per heavy atom. The zero-order valence-corrected chi connectivity index (χ0v) is 14.4. The number of benzene rings is 1. The van der Waals surface area contributed by atoms with Crippen molar-refractivity contribution in [2.45, 2.75) is 19.4 Å². The highest BCUT2D eigenvalue weighted by atomic mass is 16.6. The molecule has 0 saturated carbocycles. The Labute approximate surface area is 154 Å². The second kappa shape index (κ2) is 7.31. The van der Waals surface area contributed by atoms with Crippen LogP contribution in [-0.4, -0.2) is 42.5 Å². The van der Waals surface area contributed by atoms with E-state index in [1.165, 1.54) is 12.1 Å². The van der Waals surface area contributed by atoms with Crippen molar-refractivity contribution in [2.75, 3.05) is 19.8 Å². The lowest BCUT2D eigenvalue weighted by Gasteiger charge is -2.38. The predicted octanol–water partition coefficient (Wildman–Crippen LogP) is 0.280. The highest BCUT2D eigenvalue weighted by molar-refractivity contribution is 5.93. The molecule has 2 saturated heterocycles. The summed E-state index contributed by atoms with van der Waals surface area (Å²) in [6.07, 6.45) is 0.776. The number of ether oxygens (including phenoxy) is 2. The molecule has 144 valence electrons. The minimum atomic E-state index is -0.816. The van der Waals surface area contributed by atoms with E-state index in [1.54, 1.807) is 0 Å². The fraction of sp³-hybridized carbons (Fsp3) is 0.471. The maximum atomic E-state index is 12.6. The molecule has 2 aliphatic rings. The second-order valence-electron chi connectivity index (χ2n) is 6.82. The van der Waals surface area contributed by atoms with Crippen LogP contribution in [0.2, 0.25) is 0 Å². The zero-order valence-electron chi connectivity index (χ0n) is 14.4. The fourth-order valence-electron chi connectivity index (χ4n) is 3.57. The van der Waals surface area contributed by atoms with Crippen molar-refractivity contribution in [2.24, 2.45) is 17.1 Å². The summed E-state index contributed by atoms with van der Waals surface area (Å²) in [6, 6.07) is 3.63. The van der Waals surface area contributed by atoms with E-state index in [0.29, 0.717) is 19.6 Å². The molecule has 2 atom stereocenters. The summed E-state index contributed by atoms with van der Waals surface area (Å²) >= 11 is 0. The third-order valence-electron chi connectivity index (χ3n) is 5.03. The average molecular weight is 377 g/mol. The molecule has 1 spiro atoms. The molecular weight excluding hydrogens is 358 g/mol. The molecule has 0 aromatic heterocycles. The molecule has 2 amide bonds. The van der Waals surface area contributed by atoms with Crippen LogP contribution in [0.5, 0.6) is 0 Å². The number of carbonyl (C=O) groups is 3. The number of nitro groups is 1. The SMILES string of the molecule is NC(=O)c1cc(COC(=O)C2CNC(=O)CC23CCOC3)cc([N+](=O)[O-])c1. The van der Waals surface area contributed by atoms with E-state index in [0.717, 1.165) is 6.07 Å². The Hall–Kier alpha value is -3.01. The molecule has 2 unspecified atom stereocenters. The first-order valence-electron chi connectivity index (χ1n) is 8.40. The Morgan fingerprint density at radius 2 is 2.19 bits per heavy atom. The summed E-state index contributed by atoms with van der Waals surface area (Å²) in [5.74, 6) is -2.03. The summed E-state index contributed by atoms with van der Waals surface area (Å²) in [6.45, 7) is 0.692. The maximum absolute atomic E-state index is 12.6. The molecule has 3 N–H and O–H groups in total. The van der Waals surface area contributed by atoms with Crippen LogP contribution in [0, 0.1) is 21.4 Å². The van der Waals surface area contributed by atoms with E-state index in [1.807, 2.05) is 0 Å². The Morgan fingerprint density at radius 1 is 1.41 bits per heavy atom. The average Bonchev–Trinajstić information content (AvgIpc) is 3.07. The Balaban J connectivity index is 1.74. The van der Waals surface area contributed by atoms with E-state index in [9.17, 15) is 24.5 Å². The maximum Gasteiger partial charge on any atom is 0.311 e. The van der Waals surface area contributed by atoms with E-state index in [2.05, 4.69) is 5.32 Å². The number of amides is 2. The van der Waals surface area contributed by atoms with Crippen LogP contribution in [-0.2, 0) is 25.7 Å². The number of nitrogens with one attached hydrogen (secondary N) is 1. The van der Waals surface area contributed by atoms with Gasteiger partial charge in [0.1, 0.15) is 6.61 Å². The van der Waals surface area contributed by atoms with Crippen molar-refractivity contribution in [1.82, 2.24) is 5.32 Å². The number of hydrogen-bond acceptors (Lipinski definition) is 7. The second-order valence-corrected chi connectivity index (χ2v) is 6.82. The molecule has 27 heavy (non-hydrogen) atoms. The summed E-state index contributed by atoms with van der Waals surface area (Å²) in [5, 5.41) is 13.7. The fourth-order valence-corrected chi connectivity index (χ4v) is 3.57. The van der Waals surface area contributed by atoms with Gasteiger partial charge in [0.15, 0.2) is 0 Å². The topological polar surface area (TPSA) is 151 Å². The first-order chi connectivity index (χ1) is 12.8. The molecule has 2 fully saturated rings. The lowest BCUT2D eigenvalue weighted by Crippen LogP contribution is -2.52. The van der Waals surface area contributed by atoms with Crippen molar-refractivity contribution in [3.05, 3.63) is 39.4 Å². The molecule has 0 radical (unpaired) electrons. The zero-order chi connectivity index (χ0) is 19.6. The number of carbonyl (C=O) groups excluding carboxylic acids is 3. The van der Waals surface area contributed by atoms with Gasteiger partial charge in [0.2, 0.25) is 11.8 Å². The number of hydrogen-bond donors (Lipinski definition) is 2. The van der Waals surface area contributed by atoms with Crippen LogP contribution in [0.1, 0.15) is 28.8 Å². The first kappa shape index (κ1) is 18.8. The van der Waals surface area contributed by atoms with E-state index in [4.69, 9.17) is 15.2 Å². The third kappa shape index (κ3) is 3.90. The standard InChI is InChI=1S/C17H19N3O7/c18-15(22)11-3-10(4-12(5-11)20(24)25)8-27-16(23)13-7-19-14(21)6-17(13)1-2-26-9-17/h3-5,13H,1-2,6-9H2,(H2,18,22)(H,19,21). The molecule has 2 aliphatic heterocycles. The number of non-ortho nitro benzene ring substituents is 1. The monoisotopic (exact) mass is 377 g/mol. The van der Waals surface area contributed by atoms with Gasteiger partial charge in [0.05, 0.1) is 17.4 Å². The molecule has 1 aromatic carbocycles. The molecule has 1 aromatic rings. The van der Waals surface area contributed by atoms with Crippen molar-refractivity contribution in [3.8, 4) is 0 Å². The number of piperidine rings is 1. The van der Waals surface area contributed by atoms with Crippen LogP contribution in [0.25, 0.3) is 0 Å². The van der Waals surface area contributed by atoms with Crippen molar-refractivity contribution < 1.29 is 28.8 Å². The van der Waals surface area contributed by atoms with Gasteiger partial charge in [-0.1, -0.05) is 0 Å². The Kier molecular flexibility index (Phi) is 5.08. The van der Waals surface area contributed by atoms with Crippen LogP contribution in [0.15, 0.2) is 18.2 Å². The molecule has 0 bridgehead atoms. The molecule has 10 heteroatoms. The molecule has 0 aliphatic carbocycles. The van der Waals surface area contributed by atoms with Gasteiger partial charge >= 0.3 is 5.97 Å². The van der Waals surface area contributed by atoms with Gasteiger partial charge in [-0.15, -0.1) is 0 Å². The van der Waals surface area contributed by atoms with Gasteiger partial charge < -0.3 is 20.5 Å². The number of nitrogens with two attached hydrogens (primary N) is 1. The summed E-state index contributed by atoms with van der Waals surface area (Å²) in [5.41, 5.74) is 4.53. The lowest BCUT2D eigenvalue weighted by molar-refractivity contribution is -0.385. The van der Waals surface area contributed by atoms with Gasteiger partial charge in [-0.3, -0.25) is 24.5 Å². The number of esters is 1. The van der Waals surface area contributed by atoms with E-state index in [-0.39, 0.29) is 42.3 Å². The summed E-state index contributed by atoms with van der Waals surface area (Å²) in [4.78, 5) is 46.1. The summed E-state index contributed by atoms with van der Waals surface area (Å²) in [7, 11) is 0. The van der Waals surface area contributed by atoms with Gasteiger partial charge in [-0.2, -0.15) is 0 Å². The van der Waals surface area contributed by atoms with Crippen LogP contribution in [0.3, 0.4) is 0 Å². The largest absolute Gasteiger partial charge is 0.461 e. The quantitative estimate of drug-likeness (QED) is 0.425. The number of primary amides is 1. The number of nitrogens with zero attached hydrogens (tertiary/aromatic N) is 1. The predicted molar refractivity (Wildman–Crippen MR) is 90.4 cm³/mol. The smallest absolute Gasteiger partial charge is 0.311 e. The minimum Gasteiger partial charge on any atom is -0.461 e. The van der Waals surface area contributed by atoms with Gasteiger partial charge in [0, 0.05) is 42.7 Å². The normalized spacial score (nSPS) is 24.4. The molecular formula is C17H19N3O7. The molecule has 3 rings (SSSR count). The van der Waals surface area contributed by atoms with E-state index >= 15 is 0 Å². The third-order valence-corrected chi connectivity index (χ3v) is 5.03. The number of nitro benzene ring substituents is 1. The minimum absolute atomic E-state index is 0.0409. The van der Waals surface area contributed by atoms with E-state index < -0.39 is 28.1 Å². The van der Waals surface area contributed by atoms with Crippen LogP contribution < -0.4 is 11.1 Å². The number of rotatable bonds is 5. The van der Waals surface area contributed by atoms with Crippen molar-refractivity contribution in [1.29, 1.82) is 0 Å². The van der Waals surface area contributed by atoms with Gasteiger partial charge in [-0.25, -0.2) is 0 Å².